The van der Waals surface area contributed by atoms with Gasteiger partial charge in [0.15, 0.2) is 0 Å². The summed E-state index contributed by atoms with van der Waals surface area (Å²) in [4.78, 5) is 11.4. The van der Waals surface area contributed by atoms with E-state index in [1.54, 1.807) is 32.9 Å². The van der Waals surface area contributed by atoms with E-state index in [2.05, 4.69) is 5.32 Å². The van der Waals surface area contributed by atoms with E-state index in [0.717, 1.165) is 0 Å². The van der Waals surface area contributed by atoms with Gasteiger partial charge in [-0.1, -0.05) is 12.2 Å². The largest absolute Gasteiger partial charge is 0.444 e. The van der Waals surface area contributed by atoms with Crippen molar-refractivity contribution in [2.45, 2.75) is 32.8 Å². The van der Waals surface area contributed by atoms with Gasteiger partial charge in [0, 0.05) is 12.2 Å². The zero-order chi connectivity index (χ0) is 15.2. The molecule has 0 fully saturated rings. The molecular weight excluding hydrogens is 259 g/mol. The Labute approximate surface area is 118 Å². The lowest BCUT2D eigenvalue weighted by atomic mass is 10.1. The Morgan fingerprint density at radius 3 is 2.70 bits per heavy atom. The molecule has 0 saturated heterocycles. The van der Waals surface area contributed by atoms with Gasteiger partial charge in [-0.25, -0.2) is 9.18 Å². The number of nitrogen functional groups attached to an aromatic ring is 1. The van der Waals surface area contributed by atoms with Crippen molar-refractivity contribution in [1.29, 1.82) is 0 Å². The van der Waals surface area contributed by atoms with Crippen LogP contribution in [-0.2, 0) is 4.74 Å². The smallest absolute Gasteiger partial charge is 0.407 e. The van der Waals surface area contributed by atoms with Gasteiger partial charge < -0.3 is 15.8 Å². The molecular formula is C15H21FN2O2. The maximum absolute atomic E-state index is 13.1. The molecule has 1 aromatic rings. The topological polar surface area (TPSA) is 64.3 Å². The number of nitrogens with two attached hydrogens (primary N) is 1. The molecule has 1 amide bonds. The number of rotatable bonds is 4. The fourth-order valence-electron chi connectivity index (χ4n) is 1.52. The van der Waals surface area contributed by atoms with Gasteiger partial charge in [-0.05, 0) is 51.0 Å². The van der Waals surface area contributed by atoms with Crippen molar-refractivity contribution in [1.82, 2.24) is 5.32 Å². The summed E-state index contributed by atoms with van der Waals surface area (Å²) >= 11 is 0. The van der Waals surface area contributed by atoms with Crippen molar-refractivity contribution in [3.05, 3.63) is 35.7 Å². The van der Waals surface area contributed by atoms with Crippen molar-refractivity contribution in [2.75, 3.05) is 12.3 Å². The van der Waals surface area contributed by atoms with E-state index in [1.807, 2.05) is 6.08 Å². The van der Waals surface area contributed by atoms with Crippen LogP contribution in [0.4, 0.5) is 14.9 Å². The van der Waals surface area contributed by atoms with E-state index >= 15 is 0 Å². The quantitative estimate of drug-likeness (QED) is 0.656. The van der Waals surface area contributed by atoms with E-state index < -0.39 is 11.7 Å². The minimum absolute atomic E-state index is 0.364. The van der Waals surface area contributed by atoms with Gasteiger partial charge in [0.25, 0.3) is 0 Å². The van der Waals surface area contributed by atoms with Crippen LogP contribution < -0.4 is 11.1 Å². The van der Waals surface area contributed by atoms with Gasteiger partial charge in [0.2, 0.25) is 0 Å². The summed E-state index contributed by atoms with van der Waals surface area (Å²) in [5, 5.41) is 2.64. The third-order valence-electron chi connectivity index (χ3n) is 2.23. The van der Waals surface area contributed by atoms with Crippen molar-refractivity contribution in [2.24, 2.45) is 0 Å². The van der Waals surface area contributed by atoms with Gasteiger partial charge in [-0.3, -0.25) is 0 Å². The van der Waals surface area contributed by atoms with Crippen LogP contribution in [0.1, 0.15) is 32.8 Å². The number of carbonyl (C=O) groups is 1. The Morgan fingerprint density at radius 2 is 2.10 bits per heavy atom. The van der Waals surface area contributed by atoms with Gasteiger partial charge in [0.1, 0.15) is 11.4 Å². The number of carbonyl (C=O) groups excluding carboxylic acids is 1. The highest BCUT2D eigenvalue weighted by Gasteiger charge is 2.15. The number of hydrogen-bond acceptors (Lipinski definition) is 3. The Hall–Kier alpha value is -2.04. The molecule has 4 nitrogen and oxygen atoms in total. The first-order valence-electron chi connectivity index (χ1n) is 6.46. The third kappa shape index (κ3) is 6.78. The number of amides is 1. The monoisotopic (exact) mass is 280 g/mol. The molecule has 0 saturated carbocycles. The lowest BCUT2D eigenvalue weighted by Crippen LogP contribution is -2.32. The first-order chi connectivity index (χ1) is 9.26. The molecule has 0 spiro atoms. The van der Waals surface area contributed by atoms with E-state index in [4.69, 9.17) is 10.5 Å². The zero-order valence-electron chi connectivity index (χ0n) is 12.1. The summed E-state index contributed by atoms with van der Waals surface area (Å²) in [7, 11) is 0. The van der Waals surface area contributed by atoms with E-state index in [-0.39, 0.29) is 5.82 Å². The fraction of sp³-hybridized carbons (Fsp3) is 0.400. The standard InChI is InChI=1S/C15H21FN2O2/c1-15(2,3)20-14(19)18-7-5-4-6-11-8-12(16)10-13(17)9-11/h4,6,8-10H,5,7,17H2,1-3H3,(H,18,19). The van der Waals surface area contributed by atoms with Crippen LogP contribution in [0.15, 0.2) is 24.3 Å². The SMILES string of the molecule is CC(C)(C)OC(=O)NCCC=Cc1cc(N)cc(F)c1. The van der Waals surface area contributed by atoms with E-state index in [0.29, 0.717) is 24.2 Å². The summed E-state index contributed by atoms with van der Waals surface area (Å²) < 4.78 is 18.2. The number of ether oxygens (including phenoxy) is 1. The van der Waals surface area contributed by atoms with Crippen LogP contribution in [0.5, 0.6) is 0 Å². The average molecular weight is 280 g/mol. The van der Waals surface area contributed by atoms with Crippen molar-refractivity contribution in [3.63, 3.8) is 0 Å². The highest BCUT2D eigenvalue weighted by molar-refractivity contribution is 5.67. The minimum atomic E-state index is -0.501. The zero-order valence-corrected chi connectivity index (χ0v) is 12.1. The van der Waals surface area contributed by atoms with Gasteiger partial charge in [-0.2, -0.15) is 0 Å². The molecule has 0 aliphatic carbocycles. The molecule has 0 aliphatic heterocycles. The molecule has 20 heavy (non-hydrogen) atoms. The third-order valence-corrected chi connectivity index (χ3v) is 2.23. The lowest BCUT2D eigenvalue weighted by Gasteiger charge is -2.19. The molecule has 0 bridgehead atoms. The fourth-order valence-corrected chi connectivity index (χ4v) is 1.52. The van der Waals surface area contributed by atoms with Gasteiger partial charge >= 0.3 is 6.09 Å². The van der Waals surface area contributed by atoms with Crippen LogP contribution in [0.2, 0.25) is 0 Å². The number of alkyl carbamates (subject to hydrolysis) is 1. The van der Waals surface area contributed by atoms with Crippen molar-refractivity contribution >= 4 is 17.9 Å². The number of anilines is 1. The maximum atomic E-state index is 13.1. The van der Waals surface area contributed by atoms with Crippen LogP contribution in [0.3, 0.4) is 0 Å². The molecule has 110 valence electrons. The summed E-state index contributed by atoms with van der Waals surface area (Å²) in [5.74, 6) is -0.364. The Morgan fingerprint density at radius 1 is 1.40 bits per heavy atom. The van der Waals surface area contributed by atoms with Crippen LogP contribution in [0.25, 0.3) is 6.08 Å². The van der Waals surface area contributed by atoms with Crippen LogP contribution in [0, 0.1) is 5.82 Å². The highest BCUT2D eigenvalue weighted by Crippen LogP contribution is 2.12. The van der Waals surface area contributed by atoms with Crippen LogP contribution >= 0.6 is 0 Å². The van der Waals surface area contributed by atoms with Crippen molar-refractivity contribution in [3.8, 4) is 0 Å². The Balaban J connectivity index is 2.34. The Kier molecular flexibility index (Phi) is 5.55. The molecule has 3 N–H and O–H groups in total. The average Bonchev–Trinajstić information content (AvgIpc) is 2.24. The number of hydrogen-bond donors (Lipinski definition) is 2. The molecule has 0 atom stereocenters. The predicted octanol–water partition coefficient (Wildman–Crippen LogP) is 3.34. The lowest BCUT2D eigenvalue weighted by molar-refractivity contribution is 0.0529. The predicted molar refractivity (Wildman–Crippen MR) is 78.7 cm³/mol. The molecule has 0 heterocycles. The first kappa shape index (κ1) is 16.0. The number of benzene rings is 1. The molecule has 0 aliphatic rings. The number of halogens is 1. The summed E-state index contributed by atoms with van der Waals surface area (Å²) in [6.45, 7) is 5.87. The first-order valence-corrected chi connectivity index (χ1v) is 6.46. The Bertz CT molecular complexity index is 473. The molecule has 1 rings (SSSR count). The second kappa shape index (κ2) is 6.93. The summed E-state index contributed by atoms with van der Waals surface area (Å²) in [5.41, 5.74) is 6.12. The van der Waals surface area contributed by atoms with Gasteiger partial charge in [0.05, 0.1) is 0 Å². The highest BCUT2D eigenvalue weighted by atomic mass is 19.1. The summed E-state index contributed by atoms with van der Waals surface area (Å²) in [6.07, 6.45) is 3.78. The second-order valence-corrected chi connectivity index (χ2v) is 5.44. The molecule has 0 radical (unpaired) electrons. The second-order valence-electron chi connectivity index (χ2n) is 5.44. The van der Waals surface area contributed by atoms with E-state index in [1.165, 1.54) is 12.1 Å². The van der Waals surface area contributed by atoms with Crippen LogP contribution in [-0.4, -0.2) is 18.2 Å². The summed E-state index contributed by atoms with van der Waals surface area (Å²) in [6, 6.07) is 4.34. The molecule has 0 aromatic heterocycles. The molecule has 0 unspecified atom stereocenters. The van der Waals surface area contributed by atoms with Gasteiger partial charge in [-0.15, -0.1) is 0 Å². The minimum Gasteiger partial charge on any atom is -0.444 e. The molecule has 5 heteroatoms. The maximum Gasteiger partial charge on any atom is 0.407 e. The number of nitrogens with one attached hydrogen (secondary N) is 1. The van der Waals surface area contributed by atoms with Crippen molar-refractivity contribution < 1.29 is 13.9 Å². The van der Waals surface area contributed by atoms with E-state index in [9.17, 15) is 9.18 Å². The normalized spacial score (nSPS) is 11.6. The molecule has 1 aromatic carbocycles.